The summed E-state index contributed by atoms with van der Waals surface area (Å²) in [6.07, 6.45) is 3.61. The van der Waals surface area contributed by atoms with Gasteiger partial charge in [0.1, 0.15) is 5.82 Å². The van der Waals surface area contributed by atoms with E-state index in [1.165, 1.54) is 17.7 Å². The standard InChI is InChI=1S/C19H18FN3O/c1-14-2-4-16(5-3-14)12-23-13-18(11-21-23)22-19(24)10-15-6-8-17(20)9-7-15/h2-9,11,13H,10,12H2,1H3,(H,22,24). The van der Waals surface area contributed by atoms with E-state index in [0.29, 0.717) is 12.2 Å². The zero-order valence-corrected chi connectivity index (χ0v) is 13.4. The number of carbonyl (C=O) groups is 1. The number of aryl methyl sites for hydroxylation is 1. The van der Waals surface area contributed by atoms with Crippen molar-refractivity contribution in [2.75, 3.05) is 5.32 Å². The van der Waals surface area contributed by atoms with Crippen LogP contribution in [0.3, 0.4) is 0 Å². The Morgan fingerprint density at radius 3 is 2.46 bits per heavy atom. The number of rotatable bonds is 5. The number of hydrogen-bond acceptors (Lipinski definition) is 2. The van der Waals surface area contributed by atoms with Gasteiger partial charge >= 0.3 is 0 Å². The summed E-state index contributed by atoms with van der Waals surface area (Å²) >= 11 is 0. The lowest BCUT2D eigenvalue weighted by Gasteiger charge is -2.03. The van der Waals surface area contributed by atoms with Gasteiger partial charge in [-0.15, -0.1) is 0 Å². The summed E-state index contributed by atoms with van der Waals surface area (Å²) in [5, 5.41) is 7.06. The van der Waals surface area contributed by atoms with Gasteiger partial charge in [-0.25, -0.2) is 4.39 Å². The number of nitrogens with zero attached hydrogens (tertiary/aromatic N) is 2. The maximum atomic E-state index is 12.9. The fraction of sp³-hybridized carbons (Fsp3) is 0.158. The quantitative estimate of drug-likeness (QED) is 0.780. The van der Waals surface area contributed by atoms with Crippen LogP contribution < -0.4 is 5.32 Å². The van der Waals surface area contributed by atoms with Gasteiger partial charge in [-0.2, -0.15) is 5.10 Å². The second-order valence-electron chi connectivity index (χ2n) is 5.76. The Morgan fingerprint density at radius 2 is 1.75 bits per heavy atom. The molecule has 0 fully saturated rings. The van der Waals surface area contributed by atoms with Gasteiger partial charge in [0.15, 0.2) is 0 Å². The molecule has 0 aliphatic carbocycles. The molecule has 1 N–H and O–H groups in total. The Kier molecular flexibility index (Phi) is 4.70. The molecule has 0 bridgehead atoms. The molecule has 0 aliphatic heterocycles. The van der Waals surface area contributed by atoms with Crippen molar-refractivity contribution in [3.8, 4) is 0 Å². The molecule has 0 atom stereocenters. The van der Waals surface area contributed by atoms with Crippen molar-refractivity contribution in [2.45, 2.75) is 19.9 Å². The minimum Gasteiger partial charge on any atom is -0.323 e. The van der Waals surface area contributed by atoms with Crippen molar-refractivity contribution >= 4 is 11.6 Å². The summed E-state index contributed by atoms with van der Waals surface area (Å²) in [7, 11) is 0. The third-order valence-electron chi connectivity index (χ3n) is 3.66. The van der Waals surface area contributed by atoms with E-state index in [4.69, 9.17) is 0 Å². The Morgan fingerprint density at radius 1 is 1.08 bits per heavy atom. The summed E-state index contributed by atoms with van der Waals surface area (Å²) in [5.74, 6) is -0.465. The van der Waals surface area contributed by atoms with E-state index in [1.807, 2.05) is 6.92 Å². The van der Waals surface area contributed by atoms with Gasteiger partial charge in [0, 0.05) is 6.20 Å². The molecule has 1 amide bonds. The first-order valence-electron chi connectivity index (χ1n) is 7.71. The van der Waals surface area contributed by atoms with Gasteiger partial charge in [0.05, 0.1) is 24.8 Å². The van der Waals surface area contributed by atoms with E-state index >= 15 is 0 Å². The monoisotopic (exact) mass is 323 g/mol. The van der Waals surface area contributed by atoms with Crippen LogP contribution in [0.4, 0.5) is 10.1 Å². The third-order valence-corrected chi connectivity index (χ3v) is 3.66. The zero-order chi connectivity index (χ0) is 16.9. The number of hydrogen-bond donors (Lipinski definition) is 1. The largest absolute Gasteiger partial charge is 0.323 e. The van der Waals surface area contributed by atoms with Crippen LogP contribution in [0.5, 0.6) is 0 Å². The summed E-state index contributed by atoms with van der Waals surface area (Å²) in [5.41, 5.74) is 3.77. The Balaban J connectivity index is 1.58. The first-order valence-corrected chi connectivity index (χ1v) is 7.71. The van der Waals surface area contributed by atoms with E-state index in [9.17, 15) is 9.18 Å². The molecule has 0 aliphatic rings. The van der Waals surface area contributed by atoms with Gasteiger partial charge < -0.3 is 5.32 Å². The highest BCUT2D eigenvalue weighted by Gasteiger charge is 2.06. The van der Waals surface area contributed by atoms with Crippen LogP contribution in [0, 0.1) is 12.7 Å². The zero-order valence-electron chi connectivity index (χ0n) is 13.4. The predicted octanol–water partition coefficient (Wildman–Crippen LogP) is 3.56. The van der Waals surface area contributed by atoms with Gasteiger partial charge in [-0.05, 0) is 30.2 Å². The highest BCUT2D eigenvalue weighted by Crippen LogP contribution is 2.10. The molecule has 0 saturated heterocycles. The predicted molar refractivity (Wildman–Crippen MR) is 91.2 cm³/mol. The van der Waals surface area contributed by atoms with E-state index in [-0.39, 0.29) is 18.1 Å². The molecule has 3 rings (SSSR count). The summed E-state index contributed by atoms with van der Waals surface area (Å²) in [6, 6.07) is 14.2. The van der Waals surface area contributed by atoms with Crippen LogP contribution in [0.15, 0.2) is 60.9 Å². The smallest absolute Gasteiger partial charge is 0.228 e. The van der Waals surface area contributed by atoms with E-state index in [1.54, 1.807) is 29.2 Å². The molecule has 0 spiro atoms. The third kappa shape index (κ3) is 4.29. The molecular weight excluding hydrogens is 305 g/mol. The first-order chi connectivity index (χ1) is 11.6. The average Bonchev–Trinajstić information content (AvgIpc) is 2.99. The SMILES string of the molecule is Cc1ccc(Cn2cc(NC(=O)Cc3ccc(F)cc3)cn2)cc1. The van der Waals surface area contributed by atoms with E-state index in [0.717, 1.165) is 11.1 Å². The van der Waals surface area contributed by atoms with Crippen LogP contribution in [-0.2, 0) is 17.8 Å². The Bertz CT molecular complexity index is 823. The number of amides is 1. The summed E-state index contributed by atoms with van der Waals surface area (Å²) in [6.45, 7) is 2.70. The number of carbonyl (C=O) groups excluding carboxylic acids is 1. The van der Waals surface area contributed by atoms with E-state index < -0.39 is 0 Å². The molecule has 0 radical (unpaired) electrons. The molecule has 122 valence electrons. The van der Waals surface area contributed by atoms with Crippen LogP contribution in [0.2, 0.25) is 0 Å². The summed E-state index contributed by atoms with van der Waals surface area (Å²) < 4.78 is 14.6. The van der Waals surface area contributed by atoms with Crippen LogP contribution in [0.25, 0.3) is 0 Å². The molecule has 0 saturated carbocycles. The molecule has 0 unspecified atom stereocenters. The molecular formula is C19H18FN3O. The molecule has 4 nitrogen and oxygen atoms in total. The summed E-state index contributed by atoms with van der Waals surface area (Å²) in [4.78, 5) is 12.0. The van der Waals surface area contributed by atoms with Gasteiger partial charge in [0.25, 0.3) is 0 Å². The fourth-order valence-electron chi connectivity index (χ4n) is 2.39. The van der Waals surface area contributed by atoms with Crippen LogP contribution in [-0.4, -0.2) is 15.7 Å². The lowest BCUT2D eigenvalue weighted by atomic mass is 10.1. The first kappa shape index (κ1) is 15.9. The Labute approximate surface area is 139 Å². The number of aromatic nitrogens is 2. The maximum Gasteiger partial charge on any atom is 0.228 e. The van der Waals surface area contributed by atoms with Crippen molar-refractivity contribution in [1.29, 1.82) is 0 Å². The highest BCUT2D eigenvalue weighted by molar-refractivity contribution is 5.91. The van der Waals surface area contributed by atoms with Gasteiger partial charge in [0.2, 0.25) is 5.91 Å². The fourth-order valence-corrected chi connectivity index (χ4v) is 2.39. The number of nitrogens with one attached hydrogen (secondary N) is 1. The normalized spacial score (nSPS) is 10.6. The minimum atomic E-state index is -0.309. The van der Waals surface area contributed by atoms with Crippen LogP contribution >= 0.6 is 0 Å². The minimum absolute atomic E-state index is 0.156. The lowest BCUT2D eigenvalue weighted by Crippen LogP contribution is -2.14. The number of benzene rings is 2. The molecule has 5 heteroatoms. The Hall–Kier alpha value is -2.95. The highest BCUT2D eigenvalue weighted by atomic mass is 19.1. The molecule has 1 aromatic heterocycles. The van der Waals surface area contributed by atoms with E-state index in [2.05, 4.69) is 34.7 Å². The number of anilines is 1. The van der Waals surface area contributed by atoms with Crippen molar-refractivity contribution in [2.24, 2.45) is 0 Å². The second-order valence-corrected chi connectivity index (χ2v) is 5.76. The van der Waals surface area contributed by atoms with Gasteiger partial charge in [-0.1, -0.05) is 42.0 Å². The maximum absolute atomic E-state index is 12.9. The van der Waals surface area contributed by atoms with Crippen molar-refractivity contribution < 1.29 is 9.18 Å². The molecule has 24 heavy (non-hydrogen) atoms. The average molecular weight is 323 g/mol. The topological polar surface area (TPSA) is 46.9 Å². The molecule has 3 aromatic rings. The molecule has 1 heterocycles. The molecule has 2 aromatic carbocycles. The van der Waals surface area contributed by atoms with Gasteiger partial charge in [-0.3, -0.25) is 9.48 Å². The second kappa shape index (κ2) is 7.08. The van der Waals surface area contributed by atoms with Crippen molar-refractivity contribution in [3.63, 3.8) is 0 Å². The van der Waals surface area contributed by atoms with Crippen molar-refractivity contribution in [1.82, 2.24) is 9.78 Å². The van der Waals surface area contributed by atoms with Crippen molar-refractivity contribution in [3.05, 3.63) is 83.4 Å². The number of halogens is 1. The van der Waals surface area contributed by atoms with Crippen LogP contribution in [0.1, 0.15) is 16.7 Å². The lowest BCUT2D eigenvalue weighted by molar-refractivity contribution is -0.115.